The lowest BCUT2D eigenvalue weighted by Gasteiger charge is -2.35. The van der Waals surface area contributed by atoms with Crippen molar-refractivity contribution in [3.8, 4) is 0 Å². The molecule has 22 heavy (non-hydrogen) atoms. The zero-order chi connectivity index (χ0) is 16.2. The molecule has 5 nitrogen and oxygen atoms in total. The van der Waals surface area contributed by atoms with Gasteiger partial charge in [-0.15, -0.1) is 0 Å². The van der Waals surface area contributed by atoms with Gasteiger partial charge in [-0.3, -0.25) is 0 Å². The molecule has 1 heterocycles. The van der Waals surface area contributed by atoms with E-state index >= 15 is 0 Å². The Bertz CT molecular complexity index is 457. The van der Waals surface area contributed by atoms with Crippen molar-refractivity contribution in [1.82, 2.24) is 10.2 Å². The first-order valence-electron chi connectivity index (χ1n) is 8.05. The van der Waals surface area contributed by atoms with E-state index in [1.807, 2.05) is 33.9 Å². The van der Waals surface area contributed by atoms with Gasteiger partial charge in [0.2, 0.25) is 0 Å². The summed E-state index contributed by atoms with van der Waals surface area (Å²) in [6, 6.07) is 2.77. The highest BCUT2D eigenvalue weighted by atomic mass is 16.6. The van der Waals surface area contributed by atoms with Crippen LogP contribution in [0.15, 0.2) is 23.0 Å². The van der Waals surface area contributed by atoms with Crippen molar-refractivity contribution in [2.75, 3.05) is 7.05 Å². The molecule has 5 heteroatoms. The van der Waals surface area contributed by atoms with E-state index in [9.17, 15) is 4.79 Å². The highest BCUT2D eigenvalue weighted by Crippen LogP contribution is 2.24. The Balaban J connectivity index is 1.73. The molecule has 0 aromatic carbocycles. The maximum absolute atomic E-state index is 12.1. The summed E-state index contributed by atoms with van der Waals surface area (Å²) in [4.78, 5) is 13.9. The van der Waals surface area contributed by atoms with Gasteiger partial charge in [0.1, 0.15) is 5.60 Å². The molecular formula is C17H28N2O3. The Morgan fingerprint density at radius 1 is 1.36 bits per heavy atom. The molecule has 0 atom stereocenters. The van der Waals surface area contributed by atoms with E-state index < -0.39 is 5.60 Å². The minimum Gasteiger partial charge on any atom is -0.472 e. The van der Waals surface area contributed by atoms with E-state index in [-0.39, 0.29) is 12.1 Å². The van der Waals surface area contributed by atoms with Gasteiger partial charge in [0, 0.05) is 31.2 Å². The summed E-state index contributed by atoms with van der Waals surface area (Å²) in [6.45, 7) is 6.54. The Labute approximate surface area is 133 Å². The molecular weight excluding hydrogens is 280 g/mol. The Kier molecular flexibility index (Phi) is 5.51. The summed E-state index contributed by atoms with van der Waals surface area (Å²) in [5.41, 5.74) is 0.738. The summed E-state index contributed by atoms with van der Waals surface area (Å²) < 4.78 is 10.5. The van der Waals surface area contributed by atoms with Crippen LogP contribution in [0, 0.1) is 0 Å². The first kappa shape index (κ1) is 16.9. The van der Waals surface area contributed by atoms with Gasteiger partial charge in [0.25, 0.3) is 0 Å². The van der Waals surface area contributed by atoms with Gasteiger partial charge in [-0.25, -0.2) is 4.79 Å². The molecule has 0 radical (unpaired) electrons. The molecule has 0 aliphatic heterocycles. The number of ether oxygens (including phenoxy) is 1. The number of amides is 1. The molecule has 2 rings (SSSR count). The lowest BCUT2D eigenvalue weighted by molar-refractivity contribution is 0.0179. The van der Waals surface area contributed by atoms with E-state index in [4.69, 9.17) is 9.15 Å². The first-order valence-corrected chi connectivity index (χ1v) is 8.05. The van der Waals surface area contributed by atoms with Gasteiger partial charge in [-0.05, 0) is 52.5 Å². The molecule has 0 spiro atoms. The van der Waals surface area contributed by atoms with Crippen molar-refractivity contribution >= 4 is 6.09 Å². The minimum atomic E-state index is -0.436. The number of carbonyl (C=O) groups is 1. The monoisotopic (exact) mass is 308 g/mol. The zero-order valence-electron chi connectivity index (χ0n) is 14.1. The van der Waals surface area contributed by atoms with E-state index in [2.05, 4.69) is 5.32 Å². The predicted molar refractivity (Wildman–Crippen MR) is 85.6 cm³/mol. The topological polar surface area (TPSA) is 54.7 Å². The van der Waals surface area contributed by atoms with Crippen LogP contribution < -0.4 is 5.32 Å². The van der Waals surface area contributed by atoms with Gasteiger partial charge in [-0.2, -0.15) is 0 Å². The second-order valence-electron chi connectivity index (χ2n) is 7.11. The smallest absolute Gasteiger partial charge is 0.410 e. The van der Waals surface area contributed by atoms with E-state index in [1.54, 1.807) is 17.4 Å². The molecule has 0 unspecified atom stereocenters. The molecule has 1 N–H and O–H groups in total. The highest BCUT2D eigenvalue weighted by molar-refractivity contribution is 5.68. The average Bonchev–Trinajstić information content (AvgIpc) is 2.96. The van der Waals surface area contributed by atoms with Crippen LogP contribution in [-0.2, 0) is 11.3 Å². The van der Waals surface area contributed by atoms with Gasteiger partial charge >= 0.3 is 6.09 Å². The first-order chi connectivity index (χ1) is 10.3. The summed E-state index contributed by atoms with van der Waals surface area (Å²) in [6.07, 6.45) is 7.43. The number of rotatable bonds is 4. The fourth-order valence-corrected chi connectivity index (χ4v) is 2.81. The Hall–Kier alpha value is -1.49. The van der Waals surface area contributed by atoms with E-state index in [1.165, 1.54) is 5.56 Å². The molecule has 1 fully saturated rings. The van der Waals surface area contributed by atoms with Crippen molar-refractivity contribution in [2.45, 2.75) is 70.7 Å². The van der Waals surface area contributed by atoms with Crippen molar-refractivity contribution in [1.29, 1.82) is 0 Å². The van der Waals surface area contributed by atoms with E-state index in [0.29, 0.717) is 6.04 Å². The molecule has 1 aliphatic rings. The third-order valence-electron chi connectivity index (χ3n) is 4.10. The van der Waals surface area contributed by atoms with Crippen LogP contribution >= 0.6 is 0 Å². The largest absolute Gasteiger partial charge is 0.472 e. The summed E-state index contributed by atoms with van der Waals surface area (Å²) >= 11 is 0. The quantitative estimate of drug-likeness (QED) is 0.924. The van der Waals surface area contributed by atoms with Crippen LogP contribution in [0.4, 0.5) is 4.79 Å². The third-order valence-corrected chi connectivity index (χ3v) is 4.10. The molecule has 124 valence electrons. The predicted octanol–water partition coefficient (Wildman–Crippen LogP) is 3.55. The number of furan rings is 1. The fourth-order valence-electron chi connectivity index (χ4n) is 2.81. The van der Waals surface area contributed by atoms with Crippen molar-refractivity contribution in [3.63, 3.8) is 0 Å². The zero-order valence-corrected chi connectivity index (χ0v) is 14.1. The second-order valence-corrected chi connectivity index (χ2v) is 7.11. The van der Waals surface area contributed by atoms with Crippen molar-refractivity contribution in [3.05, 3.63) is 24.2 Å². The molecule has 0 bridgehead atoms. The molecule has 1 amide bonds. The average molecular weight is 308 g/mol. The van der Waals surface area contributed by atoms with Crippen LogP contribution in [0.1, 0.15) is 52.0 Å². The van der Waals surface area contributed by atoms with Crippen LogP contribution in [0.3, 0.4) is 0 Å². The van der Waals surface area contributed by atoms with Crippen molar-refractivity contribution in [2.24, 2.45) is 0 Å². The molecule has 1 aliphatic carbocycles. The number of nitrogens with one attached hydrogen (secondary N) is 1. The molecule has 1 aromatic rings. The Morgan fingerprint density at radius 2 is 2.05 bits per heavy atom. The van der Waals surface area contributed by atoms with E-state index in [0.717, 1.165) is 32.2 Å². The van der Waals surface area contributed by atoms with Crippen LogP contribution in [0.25, 0.3) is 0 Å². The summed E-state index contributed by atoms with van der Waals surface area (Å²) in [5, 5.41) is 3.56. The fraction of sp³-hybridized carbons (Fsp3) is 0.706. The number of nitrogens with zero attached hydrogens (tertiary/aromatic N) is 1. The third kappa shape index (κ3) is 5.05. The van der Waals surface area contributed by atoms with Crippen molar-refractivity contribution < 1.29 is 13.9 Å². The number of hydrogen-bond donors (Lipinski definition) is 1. The minimum absolute atomic E-state index is 0.220. The van der Waals surface area contributed by atoms with Gasteiger partial charge in [-0.1, -0.05) is 0 Å². The normalized spacial score (nSPS) is 22.4. The number of carbonyl (C=O) groups excluding carboxylic acids is 1. The standard InChI is InChI=1S/C17H28N2O3/c1-17(2,3)22-16(20)19(4)15-7-5-14(6-8-15)18-11-13-9-10-21-12-13/h9-10,12,14-15,18H,5-8,11H2,1-4H3. The maximum atomic E-state index is 12.1. The Morgan fingerprint density at radius 3 is 2.59 bits per heavy atom. The van der Waals surface area contributed by atoms with Crippen LogP contribution in [-0.4, -0.2) is 35.7 Å². The van der Waals surface area contributed by atoms with Gasteiger partial charge in [0.05, 0.1) is 12.5 Å². The van der Waals surface area contributed by atoms with Gasteiger partial charge < -0.3 is 19.4 Å². The van der Waals surface area contributed by atoms with Crippen LogP contribution in [0.5, 0.6) is 0 Å². The summed E-state index contributed by atoms with van der Waals surface area (Å²) in [7, 11) is 1.85. The highest BCUT2D eigenvalue weighted by Gasteiger charge is 2.29. The molecule has 1 aromatic heterocycles. The maximum Gasteiger partial charge on any atom is 0.410 e. The lowest BCUT2D eigenvalue weighted by Crippen LogP contribution is -2.44. The number of hydrogen-bond acceptors (Lipinski definition) is 4. The molecule has 1 saturated carbocycles. The summed E-state index contributed by atoms with van der Waals surface area (Å²) in [5.74, 6) is 0. The lowest BCUT2D eigenvalue weighted by atomic mass is 9.90. The van der Waals surface area contributed by atoms with Gasteiger partial charge in [0.15, 0.2) is 0 Å². The molecule has 0 saturated heterocycles. The van der Waals surface area contributed by atoms with Crippen LogP contribution in [0.2, 0.25) is 0 Å². The SMILES string of the molecule is CN(C(=O)OC(C)(C)C)C1CCC(NCc2ccoc2)CC1. The second kappa shape index (κ2) is 7.18.